The number of hydrogen-bond donors (Lipinski definition) is 2. The molecule has 1 aromatic carbocycles. The first-order chi connectivity index (χ1) is 8.97. The zero-order valence-electron chi connectivity index (χ0n) is 10.6. The second-order valence-electron chi connectivity index (χ2n) is 4.23. The van der Waals surface area contributed by atoms with Crippen molar-refractivity contribution in [1.82, 2.24) is 4.98 Å². The van der Waals surface area contributed by atoms with E-state index in [-0.39, 0.29) is 6.04 Å². The van der Waals surface area contributed by atoms with E-state index >= 15 is 0 Å². The van der Waals surface area contributed by atoms with Crippen molar-refractivity contribution in [2.75, 3.05) is 5.32 Å². The summed E-state index contributed by atoms with van der Waals surface area (Å²) in [4.78, 5) is 4.58. The third-order valence-electron chi connectivity index (χ3n) is 2.64. The van der Waals surface area contributed by atoms with Crippen molar-refractivity contribution < 1.29 is 4.42 Å². The minimum absolute atomic E-state index is 0.0271. The molecule has 1 unspecified atom stereocenters. The normalized spacial score (nSPS) is 12.2. The van der Waals surface area contributed by atoms with Crippen LogP contribution >= 0.6 is 28.1 Å². The van der Waals surface area contributed by atoms with Crippen LogP contribution in [0.2, 0.25) is 0 Å². The number of rotatable bonds is 4. The van der Waals surface area contributed by atoms with Gasteiger partial charge in [-0.15, -0.1) is 0 Å². The Morgan fingerprint density at radius 2 is 2.26 bits per heavy atom. The third-order valence-corrected chi connectivity index (χ3v) is 3.53. The SMILES string of the molecule is Cc1cnc(C(C)Nc2ccc(C(N)=S)cc2Br)o1. The number of aromatic nitrogens is 1. The van der Waals surface area contributed by atoms with Crippen molar-refractivity contribution in [3.05, 3.63) is 46.1 Å². The topological polar surface area (TPSA) is 64.1 Å². The van der Waals surface area contributed by atoms with E-state index in [1.807, 2.05) is 32.0 Å². The number of benzene rings is 1. The smallest absolute Gasteiger partial charge is 0.216 e. The van der Waals surface area contributed by atoms with Gasteiger partial charge in [-0.25, -0.2) is 4.98 Å². The van der Waals surface area contributed by atoms with Gasteiger partial charge in [0.15, 0.2) is 0 Å². The Morgan fingerprint density at radius 3 is 2.79 bits per heavy atom. The van der Waals surface area contributed by atoms with E-state index in [4.69, 9.17) is 22.4 Å². The van der Waals surface area contributed by atoms with Gasteiger partial charge in [0.1, 0.15) is 16.8 Å². The molecule has 0 spiro atoms. The van der Waals surface area contributed by atoms with Crippen molar-refractivity contribution in [3.8, 4) is 0 Å². The molecule has 0 saturated carbocycles. The summed E-state index contributed by atoms with van der Waals surface area (Å²) in [7, 11) is 0. The first-order valence-electron chi connectivity index (χ1n) is 5.75. The van der Waals surface area contributed by atoms with E-state index in [2.05, 4.69) is 26.2 Å². The second kappa shape index (κ2) is 5.71. The van der Waals surface area contributed by atoms with Crippen LogP contribution in [0.3, 0.4) is 0 Å². The first kappa shape index (κ1) is 14.0. The number of anilines is 1. The quantitative estimate of drug-likeness (QED) is 0.834. The van der Waals surface area contributed by atoms with Crippen LogP contribution < -0.4 is 11.1 Å². The Balaban J connectivity index is 2.17. The molecule has 0 radical (unpaired) electrons. The lowest BCUT2D eigenvalue weighted by molar-refractivity contribution is 0.453. The van der Waals surface area contributed by atoms with Gasteiger partial charge in [-0.3, -0.25) is 0 Å². The zero-order chi connectivity index (χ0) is 14.0. The minimum atomic E-state index is -0.0271. The molecule has 19 heavy (non-hydrogen) atoms. The van der Waals surface area contributed by atoms with Gasteiger partial charge in [0.2, 0.25) is 5.89 Å². The van der Waals surface area contributed by atoms with Gasteiger partial charge in [0, 0.05) is 15.7 Å². The Morgan fingerprint density at radius 1 is 1.53 bits per heavy atom. The Hall–Kier alpha value is -1.40. The second-order valence-corrected chi connectivity index (χ2v) is 5.53. The molecule has 0 saturated heterocycles. The summed E-state index contributed by atoms with van der Waals surface area (Å²) in [5.74, 6) is 1.45. The van der Waals surface area contributed by atoms with Crippen molar-refractivity contribution in [3.63, 3.8) is 0 Å². The molecule has 1 aromatic heterocycles. The monoisotopic (exact) mass is 339 g/mol. The number of aryl methyl sites for hydroxylation is 1. The van der Waals surface area contributed by atoms with E-state index in [0.717, 1.165) is 21.5 Å². The summed E-state index contributed by atoms with van der Waals surface area (Å²) >= 11 is 8.44. The molecule has 100 valence electrons. The lowest BCUT2D eigenvalue weighted by Crippen LogP contribution is -2.11. The van der Waals surface area contributed by atoms with E-state index < -0.39 is 0 Å². The number of nitrogens with two attached hydrogens (primary N) is 1. The van der Waals surface area contributed by atoms with Crippen LogP contribution in [0.15, 0.2) is 33.3 Å². The van der Waals surface area contributed by atoms with Crippen molar-refractivity contribution in [2.45, 2.75) is 19.9 Å². The average Bonchev–Trinajstić information content (AvgIpc) is 2.78. The summed E-state index contributed by atoms with van der Waals surface area (Å²) in [6.45, 7) is 3.86. The number of nitrogens with zero attached hydrogens (tertiary/aromatic N) is 1. The molecule has 6 heteroatoms. The van der Waals surface area contributed by atoms with E-state index in [1.54, 1.807) is 6.20 Å². The number of nitrogens with one attached hydrogen (secondary N) is 1. The summed E-state index contributed by atoms with van der Waals surface area (Å²) in [5, 5.41) is 3.32. The van der Waals surface area contributed by atoms with Crippen LogP contribution in [0, 0.1) is 6.92 Å². The maximum absolute atomic E-state index is 5.59. The number of halogens is 1. The lowest BCUT2D eigenvalue weighted by Gasteiger charge is -2.14. The maximum atomic E-state index is 5.59. The predicted octanol–water partition coefficient (Wildman–Crippen LogP) is 3.55. The highest BCUT2D eigenvalue weighted by Crippen LogP contribution is 2.27. The maximum Gasteiger partial charge on any atom is 0.216 e. The van der Waals surface area contributed by atoms with Gasteiger partial charge in [0.05, 0.1) is 6.20 Å². The fourth-order valence-corrected chi connectivity index (χ4v) is 2.27. The molecule has 2 aromatic rings. The molecule has 0 aliphatic heterocycles. The molecule has 0 aliphatic carbocycles. The summed E-state index contributed by atoms with van der Waals surface area (Å²) in [6, 6.07) is 5.66. The highest BCUT2D eigenvalue weighted by Gasteiger charge is 2.13. The molecular weight excluding hydrogens is 326 g/mol. The largest absolute Gasteiger partial charge is 0.444 e. The molecule has 0 aliphatic rings. The molecule has 0 fully saturated rings. The number of hydrogen-bond acceptors (Lipinski definition) is 4. The average molecular weight is 340 g/mol. The van der Waals surface area contributed by atoms with Crippen LogP contribution in [0.25, 0.3) is 0 Å². The third kappa shape index (κ3) is 3.33. The molecule has 4 nitrogen and oxygen atoms in total. The Kier molecular flexibility index (Phi) is 4.21. The summed E-state index contributed by atoms with van der Waals surface area (Å²) in [5.41, 5.74) is 7.35. The molecule has 2 rings (SSSR count). The fraction of sp³-hybridized carbons (Fsp3) is 0.231. The molecule has 1 atom stereocenters. The predicted molar refractivity (Wildman–Crippen MR) is 83.3 cm³/mol. The van der Waals surface area contributed by atoms with Crippen LogP contribution in [0.4, 0.5) is 5.69 Å². The lowest BCUT2D eigenvalue weighted by atomic mass is 10.2. The molecule has 1 heterocycles. The number of oxazole rings is 1. The Labute approximate surface area is 125 Å². The highest BCUT2D eigenvalue weighted by atomic mass is 79.9. The van der Waals surface area contributed by atoms with E-state index in [1.165, 1.54) is 0 Å². The molecule has 3 N–H and O–H groups in total. The fourth-order valence-electron chi connectivity index (χ4n) is 1.65. The van der Waals surface area contributed by atoms with Crippen molar-refractivity contribution in [2.24, 2.45) is 5.73 Å². The molecule has 0 amide bonds. The van der Waals surface area contributed by atoms with Crippen LogP contribution in [0.1, 0.15) is 30.2 Å². The minimum Gasteiger partial charge on any atom is -0.444 e. The first-order valence-corrected chi connectivity index (χ1v) is 6.95. The van der Waals surface area contributed by atoms with Crippen molar-refractivity contribution >= 4 is 38.8 Å². The van der Waals surface area contributed by atoms with Crippen LogP contribution in [-0.2, 0) is 0 Å². The Bertz CT molecular complexity index is 612. The van der Waals surface area contributed by atoms with E-state index in [9.17, 15) is 0 Å². The summed E-state index contributed by atoms with van der Waals surface area (Å²) in [6.07, 6.45) is 1.71. The van der Waals surface area contributed by atoms with Gasteiger partial charge in [-0.1, -0.05) is 12.2 Å². The van der Waals surface area contributed by atoms with Gasteiger partial charge in [0.25, 0.3) is 0 Å². The van der Waals surface area contributed by atoms with Gasteiger partial charge in [-0.05, 0) is 48.0 Å². The number of thiocarbonyl (C=S) groups is 1. The van der Waals surface area contributed by atoms with Gasteiger partial charge in [-0.2, -0.15) is 0 Å². The van der Waals surface area contributed by atoms with Gasteiger partial charge < -0.3 is 15.5 Å². The van der Waals surface area contributed by atoms with Crippen LogP contribution in [0.5, 0.6) is 0 Å². The standard InChI is InChI=1S/C13H14BrN3OS/c1-7-6-16-13(18-7)8(2)17-11-4-3-9(12(15)19)5-10(11)14/h3-6,8,17H,1-2H3,(H2,15,19). The van der Waals surface area contributed by atoms with E-state index in [0.29, 0.717) is 10.9 Å². The zero-order valence-corrected chi connectivity index (χ0v) is 13.0. The van der Waals surface area contributed by atoms with Gasteiger partial charge >= 0.3 is 0 Å². The highest BCUT2D eigenvalue weighted by molar-refractivity contribution is 9.10. The molecular formula is C13H14BrN3OS. The van der Waals surface area contributed by atoms with Crippen LogP contribution in [-0.4, -0.2) is 9.97 Å². The van der Waals surface area contributed by atoms with Crippen molar-refractivity contribution in [1.29, 1.82) is 0 Å². The summed E-state index contributed by atoms with van der Waals surface area (Å²) < 4.78 is 6.39. The molecule has 0 bridgehead atoms.